The zero-order valence-corrected chi connectivity index (χ0v) is 17.9. The van der Waals surface area contributed by atoms with Crippen LogP contribution < -0.4 is 20.5 Å². The fourth-order valence-corrected chi connectivity index (χ4v) is 3.70. The number of rotatable bonds is 1. The van der Waals surface area contributed by atoms with E-state index in [4.69, 9.17) is 13.6 Å². The number of nitrogens with zero attached hydrogens (tertiary/aromatic N) is 2. The molecule has 0 N–H and O–H groups in total. The highest BCUT2D eigenvalue weighted by Gasteiger charge is 2.15. The van der Waals surface area contributed by atoms with Gasteiger partial charge in [-0.1, -0.05) is 13.8 Å². The summed E-state index contributed by atoms with van der Waals surface area (Å²) in [6.45, 7) is 7.18. The molecule has 4 aromatic rings. The van der Waals surface area contributed by atoms with Crippen LogP contribution in [0.3, 0.4) is 0 Å². The van der Waals surface area contributed by atoms with E-state index < -0.39 is 0 Å². The van der Waals surface area contributed by atoms with Crippen molar-refractivity contribution in [1.29, 1.82) is 0 Å². The van der Waals surface area contributed by atoms with Gasteiger partial charge in [0, 0.05) is 36.3 Å². The lowest BCUT2D eigenvalue weighted by Crippen LogP contribution is -2.36. The Labute approximate surface area is 174 Å². The van der Waals surface area contributed by atoms with Crippen LogP contribution >= 0.6 is 0 Å². The van der Waals surface area contributed by atoms with Crippen LogP contribution in [0.4, 0.5) is 5.69 Å². The molecule has 1 aliphatic rings. The number of hydrogen-bond acceptors (Lipinski definition) is 5. The smallest absolute Gasteiger partial charge is 0.347 e. The van der Waals surface area contributed by atoms with Gasteiger partial charge in [-0.15, -0.1) is 0 Å². The Morgan fingerprint density at radius 3 is 2.37 bits per heavy atom. The molecule has 156 valence electrons. The van der Waals surface area contributed by atoms with E-state index in [0.29, 0.717) is 16.6 Å². The molecule has 0 spiro atoms. The zero-order valence-electron chi connectivity index (χ0n) is 17.9. The third kappa shape index (κ3) is 3.59. The van der Waals surface area contributed by atoms with Crippen LogP contribution in [0, 0.1) is 0 Å². The van der Waals surface area contributed by atoms with Crippen molar-refractivity contribution in [2.75, 3.05) is 45.3 Å². The maximum atomic E-state index is 12.6. The molecule has 3 heterocycles. The van der Waals surface area contributed by atoms with E-state index in [1.165, 1.54) is 0 Å². The van der Waals surface area contributed by atoms with Crippen LogP contribution in [-0.2, 0) is 4.74 Å². The molecule has 6 heteroatoms. The van der Waals surface area contributed by atoms with E-state index in [-0.39, 0.29) is 5.63 Å². The quantitative estimate of drug-likeness (QED) is 0.209. The Kier molecular flexibility index (Phi) is 5.59. The summed E-state index contributed by atoms with van der Waals surface area (Å²) in [5.74, 6) is 0. The average Bonchev–Trinajstić information content (AvgIpc) is 2.79. The highest BCUT2D eigenvalue weighted by molar-refractivity contribution is 6.03. The summed E-state index contributed by atoms with van der Waals surface area (Å²) < 4.78 is 19.2. The third-order valence-electron chi connectivity index (χ3n) is 5.28. The van der Waals surface area contributed by atoms with Gasteiger partial charge in [0.25, 0.3) is 0 Å². The molecular weight excluding hydrogens is 380 g/mol. The van der Waals surface area contributed by atoms with Gasteiger partial charge in [0.1, 0.15) is 30.6 Å². The van der Waals surface area contributed by atoms with Crippen molar-refractivity contribution >= 4 is 38.6 Å². The highest BCUT2D eigenvalue weighted by Crippen LogP contribution is 2.29. The van der Waals surface area contributed by atoms with Gasteiger partial charge >= 0.3 is 5.63 Å². The largest absolute Gasteiger partial charge is 0.455 e. The molecule has 30 heavy (non-hydrogen) atoms. The van der Waals surface area contributed by atoms with Gasteiger partial charge in [0.15, 0.2) is 5.58 Å². The SMILES string of the molecule is CC.C[N+](C)=c1ccc2c(c1)oc(=O)c1cc3ccc(N4CCOCC4)cc3oc12. The topological polar surface area (TPSA) is 58.8 Å². The van der Waals surface area contributed by atoms with Crippen molar-refractivity contribution in [2.24, 2.45) is 0 Å². The van der Waals surface area contributed by atoms with E-state index in [0.717, 1.165) is 53.7 Å². The van der Waals surface area contributed by atoms with Crippen molar-refractivity contribution in [1.82, 2.24) is 4.58 Å². The van der Waals surface area contributed by atoms with Gasteiger partial charge in [-0.2, -0.15) is 0 Å². The maximum Gasteiger partial charge on any atom is 0.347 e. The van der Waals surface area contributed by atoms with Gasteiger partial charge < -0.3 is 18.5 Å². The van der Waals surface area contributed by atoms with Gasteiger partial charge in [0.2, 0.25) is 5.36 Å². The van der Waals surface area contributed by atoms with E-state index in [9.17, 15) is 4.79 Å². The monoisotopic (exact) mass is 407 g/mol. The fourth-order valence-electron chi connectivity index (χ4n) is 3.70. The van der Waals surface area contributed by atoms with Crippen molar-refractivity contribution in [3.8, 4) is 0 Å². The predicted molar refractivity (Wildman–Crippen MR) is 121 cm³/mol. The molecule has 0 amide bonds. The lowest BCUT2D eigenvalue weighted by Gasteiger charge is -2.28. The molecule has 0 aliphatic carbocycles. The molecule has 5 rings (SSSR count). The summed E-state index contributed by atoms with van der Waals surface area (Å²) in [5, 5.41) is 3.09. The first kappa shape index (κ1) is 20.2. The Morgan fingerprint density at radius 1 is 0.867 bits per heavy atom. The molecule has 0 atom stereocenters. The summed E-state index contributed by atoms with van der Waals surface area (Å²) >= 11 is 0. The fraction of sp³-hybridized carbons (Fsp3) is 0.333. The molecule has 2 aromatic heterocycles. The molecule has 0 unspecified atom stereocenters. The lowest BCUT2D eigenvalue weighted by atomic mass is 10.1. The van der Waals surface area contributed by atoms with E-state index in [1.54, 1.807) is 0 Å². The van der Waals surface area contributed by atoms with Gasteiger partial charge in [-0.05, 0) is 24.3 Å². The van der Waals surface area contributed by atoms with E-state index in [1.807, 2.05) is 68.9 Å². The molecular formula is C24H27N2O4+. The summed E-state index contributed by atoms with van der Waals surface area (Å²) in [5.41, 5.74) is 2.54. The van der Waals surface area contributed by atoms with Crippen molar-refractivity contribution in [3.63, 3.8) is 0 Å². The van der Waals surface area contributed by atoms with Crippen LogP contribution in [0.1, 0.15) is 13.8 Å². The zero-order chi connectivity index (χ0) is 21.3. The number of fused-ring (bicyclic) bond motifs is 4. The lowest BCUT2D eigenvalue weighted by molar-refractivity contribution is 0.122. The number of benzene rings is 2. The standard InChI is InChI=1S/C22H21N2O4.C2H6/c1-23(2)15-5-6-17-20(12-15)28-22(25)18-11-14-3-4-16(13-19(14)27-21(17)18)24-7-9-26-10-8-24;1-2/h3-6,11-13H,7-10H2,1-2H3;1-2H3/q+1;. The summed E-state index contributed by atoms with van der Waals surface area (Å²) in [6, 6.07) is 13.7. The van der Waals surface area contributed by atoms with Crippen molar-refractivity contribution in [3.05, 3.63) is 58.2 Å². The van der Waals surface area contributed by atoms with Crippen LogP contribution in [0.25, 0.3) is 32.9 Å². The van der Waals surface area contributed by atoms with Gasteiger partial charge in [0.05, 0.1) is 24.7 Å². The maximum absolute atomic E-state index is 12.6. The summed E-state index contributed by atoms with van der Waals surface area (Å²) in [4.78, 5) is 14.9. The van der Waals surface area contributed by atoms with Gasteiger partial charge in [-0.3, -0.25) is 0 Å². The summed E-state index contributed by atoms with van der Waals surface area (Å²) in [6.07, 6.45) is 0. The van der Waals surface area contributed by atoms with Crippen LogP contribution in [-0.4, -0.2) is 40.4 Å². The molecule has 2 aromatic carbocycles. The first-order valence-corrected chi connectivity index (χ1v) is 10.4. The molecule has 0 saturated carbocycles. The second-order valence-corrected chi connectivity index (χ2v) is 7.28. The minimum atomic E-state index is -0.388. The molecule has 0 bridgehead atoms. The van der Waals surface area contributed by atoms with Crippen molar-refractivity contribution in [2.45, 2.75) is 13.8 Å². The summed E-state index contributed by atoms with van der Waals surface area (Å²) in [7, 11) is 3.90. The number of ether oxygens (including phenoxy) is 1. The first-order chi connectivity index (χ1) is 14.6. The third-order valence-corrected chi connectivity index (χ3v) is 5.28. The second-order valence-electron chi connectivity index (χ2n) is 7.28. The Morgan fingerprint density at radius 2 is 1.63 bits per heavy atom. The average molecular weight is 407 g/mol. The predicted octanol–water partition coefficient (Wildman–Crippen LogP) is 3.59. The Balaban J connectivity index is 0.00000106. The Bertz CT molecular complexity index is 1340. The molecule has 1 aliphatic heterocycles. The van der Waals surface area contributed by atoms with Crippen LogP contribution in [0.2, 0.25) is 0 Å². The highest BCUT2D eigenvalue weighted by atomic mass is 16.5. The Hall–Kier alpha value is -3.12. The number of hydrogen-bond donors (Lipinski definition) is 0. The number of anilines is 1. The van der Waals surface area contributed by atoms with Crippen LogP contribution in [0.15, 0.2) is 56.1 Å². The molecule has 1 saturated heterocycles. The van der Waals surface area contributed by atoms with Gasteiger partial charge in [-0.25, -0.2) is 9.37 Å². The molecule has 1 fully saturated rings. The van der Waals surface area contributed by atoms with E-state index in [2.05, 4.69) is 11.0 Å². The normalized spacial score (nSPS) is 14.1. The van der Waals surface area contributed by atoms with Crippen LogP contribution in [0.5, 0.6) is 0 Å². The van der Waals surface area contributed by atoms with E-state index >= 15 is 0 Å². The second kappa shape index (κ2) is 8.32. The minimum Gasteiger partial charge on any atom is -0.455 e. The number of morpholine rings is 1. The minimum absolute atomic E-state index is 0.388. The van der Waals surface area contributed by atoms with Crippen molar-refractivity contribution < 1.29 is 13.6 Å². The first-order valence-electron chi connectivity index (χ1n) is 10.4. The molecule has 6 nitrogen and oxygen atoms in total. The molecule has 0 radical (unpaired) electrons.